The minimum Gasteiger partial charge on any atom is -0.296 e. The molecule has 0 saturated heterocycles. The van der Waals surface area contributed by atoms with Crippen molar-refractivity contribution in [3.8, 4) is 0 Å². The molecule has 0 spiro atoms. The Morgan fingerprint density at radius 1 is 1.35 bits per heavy atom. The SMILES string of the molecule is CC1(C)C(=O)C(OS(C)(=O)=O)C1CC(Cl)(Cl)Cl. The fraction of sp³-hybridized carbons (Fsp3) is 0.889. The van der Waals surface area contributed by atoms with Crippen molar-refractivity contribution in [3.05, 3.63) is 0 Å². The third kappa shape index (κ3) is 3.70. The van der Waals surface area contributed by atoms with Gasteiger partial charge in [0.1, 0.15) is 6.10 Å². The Hall–Kier alpha value is 0.450. The van der Waals surface area contributed by atoms with Gasteiger partial charge in [0.25, 0.3) is 10.1 Å². The van der Waals surface area contributed by atoms with Crippen LogP contribution >= 0.6 is 34.8 Å². The largest absolute Gasteiger partial charge is 0.296 e. The molecule has 0 aromatic heterocycles. The van der Waals surface area contributed by atoms with Crippen LogP contribution in [0.2, 0.25) is 0 Å². The molecule has 17 heavy (non-hydrogen) atoms. The zero-order valence-electron chi connectivity index (χ0n) is 9.54. The summed E-state index contributed by atoms with van der Waals surface area (Å²) < 4.78 is 25.2. The summed E-state index contributed by atoms with van der Waals surface area (Å²) in [6.07, 6.45) is -0.0927. The topological polar surface area (TPSA) is 60.4 Å². The molecule has 0 aliphatic heterocycles. The average molecular weight is 324 g/mol. The third-order valence-corrected chi connectivity index (χ3v) is 3.94. The number of halogens is 3. The molecular weight excluding hydrogens is 311 g/mol. The van der Waals surface area contributed by atoms with Gasteiger partial charge in [-0.15, -0.1) is 0 Å². The van der Waals surface area contributed by atoms with Gasteiger partial charge in [0.2, 0.25) is 0 Å². The van der Waals surface area contributed by atoms with Crippen molar-refractivity contribution in [1.82, 2.24) is 0 Å². The smallest absolute Gasteiger partial charge is 0.265 e. The maximum absolute atomic E-state index is 11.7. The first-order chi connectivity index (χ1) is 7.34. The highest BCUT2D eigenvalue weighted by Gasteiger charge is 2.59. The Kier molecular flexibility index (Phi) is 4.13. The molecule has 1 aliphatic carbocycles. The van der Waals surface area contributed by atoms with Crippen molar-refractivity contribution in [3.63, 3.8) is 0 Å². The zero-order chi connectivity index (χ0) is 13.6. The number of carbonyl (C=O) groups is 1. The maximum Gasteiger partial charge on any atom is 0.265 e. The van der Waals surface area contributed by atoms with Crippen LogP contribution in [0.25, 0.3) is 0 Å². The predicted molar refractivity (Wildman–Crippen MR) is 66.9 cm³/mol. The molecule has 0 amide bonds. The molecule has 1 rings (SSSR count). The second-order valence-corrected chi connectivity index (χ2v) is 8.85. The Labute approximate surface area is 116 Å². The van der Waals surface area contributed by atoms with Gasteiger partial charge in [0, 0.05) is 17.8 Å². The highest BCUT2D eigenvalue weighted by atomic mass is 35.6. The summed E-state index contributed by atoms with van der Waals surface area (Å²) in [6.45, 7) is 3.36. The summed E-state index contributed by atoms with van der Waals surface area (Å²) in [4.78, 5) is 11.7. The zero-order valence-corrected chi connectivity index (χ0v) is 12.6. The van der Waals surface area contributed by atoms with Crippen LogP contribution in [-0.2, 0) is 19.1 Å². The highest BCUT2D eigenvalue weighted by Crippen LogP contribution is 2.51. The van der Waals surface area contributed by atoms with Gasteiger partial charge < -0.3 is 0 Å². The summed E-state index contributed by atoms with van der Waals surface area (Å²) in [5, 5.41) is 0. The molecular formula is C9H13Cl3O4S. The fourth-order valence-corrected chi connectivity index (χ4v) is 3.02. The van der Waals surface area contributed by atoms with E-state index in [2.05, 4.69) is 0 Å². The molecule has 0 heterocycles. The lowest BCUT2D eigenvalue weighted by Gasteiger charge is -2.49. The minimum atomic E-state index is -3.71. The molecule has 0 N–H and O–H groups in total. The van der Waals surface area contributed by atoms with Crippen molar-refractivity contribution >= 4 is 50.7 Å². The predicted octanol–water partition coefficient (Wildman–Crippen LogP) is 2.32. The van der Waals surface area contributed by atoms with Gasteiger partial charge in [-0.25, -0.2) is 0 Å². The Balaban J connectivity index is 2.87. The number of ketones is 1. The second-order valence-electron chi connectivity index (χ2n) is 4.73. The van der Waals surface area contributed by atoms with E-state index in [1.54, 1.807) is 13.8 Å². The van der Waals surface area contributed by atoms with Crippen LogP contribution < -0.4 is 0 Å². The monoisotopic (exact) mass is 322 g/mol. The van der Waals surface area contributed by atoms with Crippen LogP contribution in [0.5, 0.6) is 0 Å². The molecule has 8 heteroatoms. The first kappa shape index (κ1) is 15.5. The summed E-state index contributed by atoms with van der Waals surface area (Å²) in [5.74, 6) is -0.723. The van der Waals surface area contributed by atoms with E-state index in [4.69, 9.17) is 39.0 Å². The van der Waals surface area contributed by atoms with E-state index < -0.39 is 31.3 Å². The van der Waals surface area contributed by atoms with Crippen LogP contribution in [-0.4, -0.2) is 30.4 Å². The van der Waals surface area contributed by atoms with Crippen molar-refractivity contribution < 1.29 is 17.4 Å². The van der Waals surface area contributed by atoms with Crippen LogP contribution in [0.3, 0.4) is 0 Å². The van der Waals surface area contributed by atoms with Crippen molar-refractivity contribution in [1.29, 1.82) is 0 Å². The Morgan fingerprint density at radius 2 is 1.82 bits per heavy atom. The number of hydrogen-bond acceptors (Lipinski definition) is 4. The van der Waals surface area contributed by atoms with Crippen molar-refractivity contribution in [2.45, 2.75) is 30.2 Å². The van der Waals surface area contributed by atoms with Crippen LogP contribution in [0.4, 0.5) is 0 Å². The number of alkyl halides is 3. The summed E-state index contributed by atoms with van der Waals surface area (Å²) in [7, 11) is -3.71. The van der Waals surface area contributed by atoms with E-state index in [0.717, 1.165) is 6.26 Å². The number of carbonyl (C=O) groups excluding carboxylic acids is 1. The standard InChI is InChI=1S/C9H13Cl3O4S/c1-8(2)5(4-9(10,11)12)6(7(8)13)16-17(3,14)15/h5-6H,4H2,1-3H3. The lowest BCUT2D eigenvalue weighted by Crippen LogP contribution is -2.60. The molecule has 100 valence electrons. The van der Waals surface area contributed by atoms with Gasteiger partial charge in [-0.3, -0.25) is 8.98 Å². The highest BCUT2D eigenvalue weighted by molar-refractivity contribution is 7.86. The quantitative estimate of drug-likeness (QED) is 0.591. The van der Waals surface area contributed by atoms with E-state index in [-0.39, 0.29) is 12.2 Å². The van der Waals surface area contributed by atoms with Crippen LogP contribution in [0.15, 0.2) is 0 Å². The lowest BCUT2D eigenvalue weighted by atomic mass is 9.58. The van der Waals surface area contributed by atoms with Gasteiger partial charge in [0.05, 0.1) is 6.26 Å². The van der Waals surface area contributed by atoms with Gasteiger partial charge in [-0.2, -0.15) is 8.42 Å². The molecule has 1 aliphatic rings. The molecule has 2 unspecified atom stereocenters. The van der Waals surface area contributed by atoms with Gasteiger partial charge >= 0.3 is 0 Å². The van der Waals surface area contributed by atoms with Gasteiger partial charge in [-0.05, 0) is 0 Å². The summed E-state index contributed by atoms with van der Waals surface area (Å²) in [5.41, 5.74) is -0.737. The molecule has 1 saturated carbocycles. The van der Waals surface area contributed by atoms with E-state index >= 15 is 0 Å². The van der Waals surface area contributed by atoms with Crippen molar-refractivity contribution in [2.75, 3.05) is 6.26 Å². The van der Waals surface area contributed by atoms with E-state index in [1.807, 2.05) is 0 Å². The van der Waals surface area contributed by atoms with E-state index in [1.165, 1.54) is 0 Å². The number of hydrogen-bond donors (Lipinski definition) is 0. The lowest BCUT2D eigenvalue weighted by molar-refractivity contribution is -0.160. The normalized spacial score (nSPS) is 28.9. The molecule has 0 aromatic rings. The Bertz CT molecular complexity index is 424. The third-order valence-electron chi connectivity index (χ3n) is 2.92. The first-order valence-electron chi connectivity index (χ1n) is 4.84. The van der Waals surface area contributed by atoms with Crippen LogP contribution in [0, 0.1) is 11.3 Å². The fourth-order valence-electron chi connectivity index (χ4n) is 1.92. The molecule has 0 bridgehead atoms. The first-order valence-corrected chi connectivity index (χ1v) is 7.79. The molecule has 4 nitrogen and oxygen atoms in total. The molecule has 0 radical (unpaired) electrons. The van der Waals surface area contributed by atoms with Crippen LogP contribution in [0.1, 0.15) is 20.3 Å². The van der Waals surface area contributed by atoms with E-state index in [9.17, 15) is 13.2 Å². The summed E-state index contributed by atoms with van der Waals surface area (Å²) >= 11 is 17.0. The molecule has 2 atom stereocenters. The summed E-state index contributed by atoms with van der Waals surface area (Å²) in [6, 6.07) is 0. The average Bonchev–Trinajstić information content (AvgIpc) is 2.07. The number of Topliss-reactive ketones (excluding diaryl/α,β-unsaturated/α-hetero) is 1. The van der Waals surface area contributed by atoms with Gasteiger partial charge in [0.15, 0.2) is 9.58 Å². The van der Waals surface area contributed by atoms with Crippen molar-refractivity contribution in [2.24, 2.45) is 11.3 Å². The Morgan fingerprint density at radius 3 is 2.18 bits per heavy atom. The molecule has 0 aromatic carbocycles. The number of rotatable bonds is 3. The minimum absolute atomic E-state index is 0.0661. The van der Waals surface area contributed by atoms with E-state index in [0.29, 0.717) is 0 Å². The second kappa shape index (κ2) is 4.53. The molecule has 1 fully saturated rings. The van der Waals surface area contributed by atoms with Gasteiger partial charge in [-0.1, -0.05) is 48.7 Å². The maximum atomic E-state index is 11.7.